The second kappa shape index (κ2) is 6.83. The number of carbonyl (C=O) groups is 3. The summed E-state index contributed by atoms with van der Waals surface area (Å²) in [6, 6.07) is 16.0. The van der Waals surface area contributed by atoms with Crippen LogP contribution in [0.1, 0.15) is 36.5 Å². The highest BCUT2D eigenvalue weighted by molar-refractivity contribution is 6.23. The average molecular weight is 389 g/mol. The van der Waals surface area contributed by atoms with Crippen molar-refractivity contribution in [3.05, 3.63) is 60.2 Å². The standard InChI is InChI=1S/C24H23NO4/c1-14(22(26)15-7-3-2-4-8-15)29-19-10-6-5-9-18(19)25-23(27)20-16-11-12-17(13-16)21(20)24(25)28/h2-10,14,16-17,20-21H,11-13H2,1H3/t14-,16-,17-,20-,21-/m0/s1. The third-order valence-corrected chi connectivity index (χ3v) is 6.76. The topological polar surface area (TPSA) is 63.7 Å². The van der Waals surface area contributed by atoms with Crippen molar-refractivity contribution in [1.82, 2.24) is 0 Å². The molecular weight excluding hydrogens is 366 g/mol. The van der Waals surface area contributed by atoms with Gasteiger partial charge in [0.15, 0.2) is 6.10 Å². The molecule has 3 aliphatic rings. The number of nitrogens with zero attached hydrogens (tertiary/aromatic N) is 1. The van der Waals surface area contributed by atoms with E-state index >= 15 is 0 Å². The number of rotatable bonds is 5. The molecule has 1 heterocycles. The smallest absolute Gasteiger partial charge is 0.238 e. The Bertz CT molecular complexity index is 957. The number of benzene rings is 2. The van der Waals surface area contributed by atoms with Gasteiger partial charge in [0.1, 0.15) is 5.75 Å². The zero-order valence-electron chi connectivity index (χ0n) is 16.3. The monoisotopic (exact) mass is 389 g/mol. The van der Waals surface area contributed by atoms with Gasteiger partial charge in [-0.1, -0.05) is 42.5 Å². The summed E-state index contributed by atoms with van der Waals surface area (Å²) in [7, 11) is 0. The van der Waals surface area contributed by atoms with Crippen LogP contribution in [0.3, 0.4) is 0 Å². The molecule has 3 fully saturated rings. The van der Waals surface area contributed by atoms with Crippen LogP contribution in [0.4, 0.5) is 5.69 Å². The largest absolute Gasteiger partial charge is 0.480 e. The van der Waals surface area contributed by atoms with E-state index in [1.165, 1.54) is 4.90 Å². The molecule has 5 rings (SSSR count). The molecule has 5 atom stereocenters. The number of carbonyl (C=O) groups excluding carboxylic acids is 3. The van der Waals surface area contributed by atoms with Crippen LogP contribution < -0.4 is 9.64 Å². The van der Waals surface area contributed by atoms with Gasteiger partial charge in [0.05, 0.1) is 17.5 Å². The second-order valence-corrected chi connectivity index (χ2v) is 8.35. The molecule has 29 heavy (non-hydrogen) atoms. The molecule has 1 aliphatic heterocycles. The Morgan fingerprint density at radius 3 is 2.17 bits per heavy atom. The minimum atomic E-state index is -0.734. The summed E-state index contributed by atoms with van der Waals surface area (Å²) in [5.41, 5.74) is 1.01. The molecule has 2 aliphatic carbocycles. The predicted octanol–water partition coefficient (Wildman–Crippen LogP) is 3.87. The number of imide groups is 1. The van der Waals surface area contributed by atoms with Gasteiger partial charge >= 0.3 is 0 Å². The fraction of sp³-hybridized carbons (Fsp3) is 0.375. The molecule has 5 heteroatoms. The lowest BCUT2D eigenvalue weighted by Crippen LogP contribution is -2.34. The first kappa shape index (κ1) is 18.1. The molecule has 2 aromatic carbocycles. The Morgan fingerprint density at radius 2 is 1.52 bits per heavy atom. The van der Waals surface area contributed by atoms with Gasteiger partial charge in [-0.25, -0.2) is 4.90 Å². The van der Waals surface area contributed by atoms with Crippen LogP contribution in [0, 0.1) is 23.7 Å². The van der Waals surface area contributed by atoms with Crippen LogP contribution in [0.15, 0.2) is 54.6 Å². The van der Waals surface area contributed by atoms with Gasteiger partial charge in [-0.05, 0) is 50.2 Å². The minimum absolute atomic E-state index is 0.106. The molecular formula is C24H23NO4. The van der Waals surface area contributed by atoms with E-state index < -0.39 is 6.10 Å². The molecule has 2 amide bonds. The van der Waals surface area contributed by atoms with Crippen LogP contribution >= 0.6 is 0 Å². The first-order chi connectivity index (χ1) is 14.1. The van der Waals surface area contributed by atoms with E-state index in [4.69, 9.17) is 4.74 Å². The summed E-state index contributed by atoms with van der Waals surface area (Å²) >= 11 is 0. The first-order valence-electron chi connectivity index (χ1n) is 10.3. The zero-order valence-corrected chi connectivity index (χ0v) is 16.3. The van der Waals surface area contributed by atoms with Crippen LogP contribution in [0.25, 0.3) is 0 Å². The molecule has 1 saturated heterocycles. The minimum Gasteiger partial charge on any atom is -0.480 e. The summed E-state index contributed by atoms with van der Waals surface area (Å²) in [4.78, 5) is 40.3. The van der Waals surface area contributed by atoms with E-state index in [1.807, 2.05) is 18.2 Å². The van der Waals surface area contributed by atoms with Crippen molar-refractivity contribution in [2.24, 2.45) is 23.7 Å². The number of Topliss-reactive ketones (excluding diaryl/α,β-unsaturated/α-hetero) is 1. The number of hydrogen-bond donors (Lipinski definition) is 0. The van der Waals surface area contributed by atoms with Crippen LogP contribution in [0.2, 0.25) is 0 Å². The molecule has 0 radical (unpaired) electrons. The third kappa shape index (κ3) is 2.79. The maximum Gasteiger partial charge on any atom is 0.238 e. The normalized spacial score (nSPS) is 28.5. The van der Waals surface area contributed by atoms with Crippen molar-refractivity contribution in [1.29, 1.82) is 0 Å². The van der Waals surface area contributed by atoms with Gasteiger partial charge in [0.25, 0.3) is 0 Å². The highest BCUT2D eigenvalue weighted by Gasteiger charge is 2.61. The van der Waals surface area contributed by atoms with E-state index in [9.17, 15) is 14.4 Å². The lowest BCUT2D eigenvalue weighted by molar-refractivity contribution is -0.123. The number of anilines is 1. The Hall–Kier alpha value is -2.95. The van der Waals surface area contributed by atoms with Crippen molar-refractivity contribution in [2.45, 2.75) is 32.3 Å². The number of amides is 2. The van der Waals surface area contributed by atoms with Gasteiger partial charge in [-0.3, -0.25) is 14.4 Å². The van der Waals surface area contributed by atoms with Crippen molar-refractivity contribution in [3.63, 3.8) is 0 Å². The maximum absolute atomic E-state index is 13.2. The van der Waals surface area contributed by atoms with E-state index in [-0.39, 0.29) is 29.4 Å². The molecule has 0 aromatic heterocycles. The Kier molecular flexibility index (Phi) is 4.26. The Labute approximate surface area is 169 Å². The molecule has 0 unspecified atom stereocenters. The predicted molar refractivity (Wildman–Crippen MR) is 108 cm³/mol. The number of para-hydroxylation sites is 2. The van der Waals surface area contributed by atoms with Crippen molar-refractivity contribution in [2.75, 3.05) is 4.90 Å². The van der Waals surface area contributed by atoms with Gasteiger partial charge in [0.2, 0.25) is 17.6 Å². The number of ether oxygens (including phenoxy) is 1. The number of ketones is 1. The summed E-state index contributed by atoms with van der Waals surface area (Å²) in [6.45, 7) is 1.69. The highest BCUT2D eigenvalue weighted by Crippen LogP contribution is 2.57. The first-order valence-corrected chi connectivity index (χ1v) is 10.3. The van der Waals surface area contributed by atoms with Gasteiger partial charge < -0.3 is 4.74 Å². The van der Waals surface area contributed by atoms with Gasteiger partial charge in [0, 0.05) is 5.56 Å². The van der Waals surface area contributed by atoms with E-state index in [1.54, 1.807) is 43.3 Å². The molecule has 2 saturated carbocycles. The van der Waals surface area contributed by atoms with Gasteiger partial charge in [-0.2, -0.15) is 0 Å². The summed E-state index contributed by atoms with van der Waals surface area (Å²) in [5, 5.41) is 0. The van der Waals surface area contributed by atoms with E-state index in [2.05, 4.69) is 0 Å². The second-order valence-electron chi connectivity index (χ2n) is 8.35. The fourth-order valence-corrected chi connectivity index (χ4v) is 5.47. The fourth-order valence-electron chi connectivity index (χ4n) is 5.47. The molecule has 0 N–H and O–H groups in total. The number of fused-ring (bicyclic) bond motifs is 5. The molecule has 2 aromatic rings. The third-order valence-electron chi connectivity index (χ3n) is 6.76. The highest BCUT2D eigenvalue weighted by atomic mass is 16.5. The quantitative estimate of drug-likeness (QED) is 0.575. The summed E-state index contributed by atoms with van der Waals surface area (Å²) < 4.78 is 5.97. The molecule has 2 bridgehead atoms. The lowest BCUT2D eigenvalue weighted by atomic mass is 9.81. The lowest BCUT2D eigenvalue weighted by Gasteiger charge is -2.22. The van der Waals surface area contributed by atoms with Crippen LogP contribution in [-0.2, 0) is 9.59 Å². The summed E-state index contributed by atoms with van der Waals surface area (Å²) in [6.07, 6.45) is 2.35. The van der Waals surface area contributed by atoms with Crippen LogP contribution in [0.5, 0.6) is 5.75 Å². The molecule has 0 spiro atoms. The van der Waals surface area contributed by atoms with Crippen LogP contribution in [-0.4, -0.2) is 23.7 Å². The van der Waals surface area contributed by atoms with Gasteiger partial charge in [-0.15, -0.1) is 0 Å². The molecule has 5 nitrogen and oxygen atoms in total. The SMILES string of the molecule is C[C@H](Oc1ccccc1N1C(=O)[C@H]2[C@H]3CC[C@@H](C3)[C@@H]2C1=O)C(=O)c1ccccc1. The average Bonchev–Trinajstić information content (AvgIpc) is 3.42. The maximum atomic E-state index is 13.2. The van der Waals surface area contributed by atoms with E-state index in [0.717, 1.165) is 19.3 Å². The van der Waals surface area contributed by atoms with E-state index in [0.29, 0.717) is 28.8 Å². The summed E-state index contributed by atoms with van der Waals surface area (Å²) in [5.74, 6) is 0.329. The Balaban J connectivity index is 1.42. The van der Waals surface area contributed by atoms with Crippen molar-refractivity contribution >= 4 is 23.3 Å². The number of hydrogen-bond acceptors (Lipinski definition) is 4. The zero-order chi connectivity index (χ0) is 20.1. The molecule has 148 valence electrons. The van der Waals surface area contributed by atoms with Crippen molar-refractivity contribution < 1.29 is 19.1 Å². The Morgan fingerprint density at radius 1 is 0.931 bits per heavy atom. The van der Waals surface area contributed by atoms with Crippen molar-refractivity contribution in [3.8, 4) is 5.75 Å².